The molecule has 2 aromatic heterocycles. The number of carbonyl (C=O) groups excluding carboxylic acids is 1. The Balaban J connectivity index is 1.72. The van der Waals surface area contributed by atoms with Crippen molar-refractivity contribution in [3.05, 3.63) is 69.9 Å². The number of halogens is 1. The summed E-state index contributed by atoms with van der Waals surface area (Å²) < 4.78 is 0. The van der Waals surface area contributed by atoms with Crippen molar-refractivity contribution < 1.29 is 4.79 Å². The maximum absolute atomic E-state index is 12.4. The first kappa shape index (κ1) is 15.6. The summed E-state index contributed by atoms with van der Waals surface area (Å²) in [6.45, 7) is 2.30. The van der Waals surface area contributed by atoms with Gasteiger partial charge in [0, 0.05) is 29.5 Å². The zero-order valence-electron chi connectivity index (χ0n) is 12.4. The molecule has 0 saturated heterocycles. The fraction of sp³-hybridized carbons (Fsp3) is 0.118. The third-order valence-corrected chi connectivity index (χ3v) is 4.75. The Kier molecular flexibility index (Phi) is 4.69. The Labute approximate surface area is 143 Å². The summed E-state index contributed by atoms with van der Waals surface area (Å²) in [7, 11) is 0. The molecule has 116 valence electrons. The first-order valence-electron chi connectivity index (χ1n) is 7.04. The summed E-state index contributed by atoms with van der Waals surface area (Å²) in [6.07, 6.45) is 3.43. The maximum atomic E-state index is 12.4. The van der Waals surface area contributed by atoms with Gasteiger partial charge in [0.15, 0.2) is 0 Å². The lowest BCUT2D eigenvalue weighted by Crippen LogP contribution is -2.22. The van der Waals surface area contributed by atoms with Gasteiger partial charge in [-0.2, -0.15) is 0 Å². The molecule has 0 aliphatic rings. The summed E-state index contributed by atoms with van der Waals surface area (Å²) in [5.41, 5.74) is 2.69. The van der Waals surface area contributed by atoms with Crippen molar-refractivity contribution in [3.63, 3.8) is 0 Å². The Morgan fingerprint density at radius 2 is 1.87 bits per heavy atom. The third-order valence-electron chi connectivity index (χ3n) is 3.30. The number of nitrogens with zero attached hydrogens (tertiary/aromatic N) is 2. The number of carbonyl (C=O) groups is 1. The van der Waals surface area contributed by atoms with E-state index in [9.17, 15) is 4.79 Å². The van der Waals surface area contributed by atoms with Gasteiger partial charge in [-0.25, -0.2) is 4.98 Å². The molecule has 4 nitrogen and oxygen atoms in total. The Bertz CT molecular complexity index is 816. The topological polar surface area (TPSA) is 54.9 Å². The highest BCUT2D eigenvalue weighted by Gasteiger charge is 2.15. The number of nitrogens with one attached hydrogen (secondary N) is 1. The number of pyridine rings is 1. The van der Waals surface area contributed by atoms with Gasteiger partial charge in [-0.3, -0.25) is 9.78 Å². The highest BCUT2D eigenvalue weighted by atomic mass is 35.5. The van der Waals surface area contributed by atoms with Crippen molar-refractivity contribution in [1.29, 1.82) is 0 Å². The second-order valence-corrected chi connectivity index (χ2v) is 6.41. The van der Waals surface area contributed by atoms with Crippen LogP contribution in [0.25, 0.3) is 10.6 Å². The number of rotatable bonds is 4. The average molecular weight is 344 g/mol. The van der Waals surface area contributed by atoms with Gasteiger partial charge in [-0.05, 0) is 36.8 Å². The lowest BCUT2D eigenvalue weighted by Gasteiger charge is -2.04. The van der Waals surface area contributed by atoms with Crippen LogP contribution in [0.5, 0.6) is 0 Å². The van der Waals surface area contributed by atoms with E-state index in [-0.39, 0.29) is 5.91 Å². The van der Waals surface area contributed by atoms with E-state index in [1.807, 2.05) is 43.3 Å². The van der Waals surface area contributed by atoms with Crippen LogP contribution >= 0.6 is 22.9 Å². The van der Waals surface area contributed by atoms with E-state index in [1.165, 1.54) is 11.3 Å². The number of aromatic nitrogens is 2. The van der Waals surface area contributed by atoms with E-state index in [0.717, 1.165) is 21.8 Å². The molecule has 1 aromatic carbocycles. The van der Waals surface area contributed by atoms with Crippen LogP contribution in [0.15, 0.2) is 48.8 Å². The summed E-state index contributed by atoms with van der Waals surface area (Å²) in [5.74, 6) is -0.116. The van der Waals surface area contributed by atoms with Crippen molar-refractivity contribution in [1.82, 2.24) is 15.3 Å². The second kappa shape index (κ2) is 6.89. The van der Waals surface area contributed by atoms with E-state index in [0.29, 0.717) is 16.4 Å². The number of hydrogen-bond donors (Lipinski definition) is 1. The molecule has 0 bridgehead atoms. The molecule has 0 aliphatic carbocycles. The Morgan fingerprint density at radius 1 is 1.17 bits per heavy atom. The smallest absolute Gasteiger partial charge is 0.263 e. The van der Waals surface area contributed by atoms with Crippen LogP contribution in [-0.2, 0) is 6.54 Å². The van der Waals surface area contributed by atoms with E-state index in [1.54, 1.807) is 12.4 Å². The molecule has 3 aromatic rings. The van der Waals surface area contributed by atoms with Crippen molar-refractivity contribution in [3.8, 4) is 10.6 Å². The summed E-state index contributed by atoms with van der Waals surface area (Å²) in [4.78, 5) is 21.5. The molecule has 0 fully saturated rings. The number of aryl methyl sites for hydroxylation is 1. The first-order valence-corrected chi connectivity index (χ1v) is 8.23. The van der Waals surface area contributed by atoms with Gasteiger partial charge in [-0.15, -0.1) is 11.3 Å². The molecule has 1 amide bonds. The van der Waals surface area contributed by atoms with Crippen LogP contribution in [0.1, 0.15) is 20.9 Å². The third kappa shape index (κ3) is 3.75. The zero-order valence-corrected chi connectivity index (χ0v) is 14.0. The van der Waals surface area contributed by atoms with Crippen LogP contribution in [-0.4, -0.2) is 15.9 Å². The highest BCUT2D eigenvalue weighted by molar-refractivity contribution is 7.17. The Hall–Kier alpha value is -2.24. The van der Waals surface area contributed by atoms with Gasteiger partial charge in [-0.1, -0.05) is 23.7 Å². The molecule has 0 radical (unpaired) electrons. The molecule has 0 saturated carbocycles. The SMILES string of the molecule is Cc1nc(-c2ccncc2)sc1C(=O)NCc1ccc(Cl)cc1. The predicted molar refractivity (Wildman–Crippen MR) is 92.7 cm³/mol. The van der Waals surface area contributed by atoms with Gasteiger partial charge >= 0.3 is 0 Å². The summed E-state index contributed by atoms with van der Waals surface area (Å²) >= 11 is 7.24. The lowest BCUT2D eigenvalue weighted by molar-refractivity contribution is 0.0954. The Morgan fingerprint density at radius 3 is 2.57 bits per heavy atom. The normalized spacial score (nSPS) is 10.5. The van der Waals surface area contributed by atoms with Gasteiger partial charge in [0.1, 0.15) is 9.88 Å². The molecule has 0 aliphatic heterocycles. The largest absolute Gasteiger partial charge is 0.347 e. The second-order valence-electron chi connectivity index (χ2n) is 4.98. The number of amides is 1. The highest BCUT2D eigenvalue weighted by Crippen LogP contribution is 2.27. The van der Waals surface area contributed by atoms with Crippen molar-refractivity contribution in [2.45, 2.75) is 13.5 Å². The van der Waals surface area contributed by atoms with Crippen molar-refractivity contribution in [2.24, 2.45) is 0 Å². The monoisotopic (exact) mass is 343 g/mol. The van der Waals surface area contributed by atoms with Crippen LogP contribution in [0, 0.1) is 6.92 Å². The molecule has 2 heterocycles. The summed E-state index contributed by atoms with van der Waals surface area (Å²) in [5, 5.41) is 4.42. The van der Waals surface area contributed by atoms with Gasteiger partial charge in [0.2, 0.25) is 0 Å². The quantitative estimate of drug-likeness (QED) is 0.776. The first-order chi connectivity index (χ1) is 11.1. The average Bonchev–Trinajstić information content (AvgIpc) is 2.97. The summed E-state index contributed by atoms with van der Waals surface area (Å²) in [6, 6.07) is 11.2. The van der Waals surface area contributed by atoms with Crippen molar-refractivity contribution in [2.75, 3.05) is 0 Å². The molecular formula is C17H14ClN3OS. The molecule has 23 heavy (non-hydrogen) atoms. The minimum Gasteiger partial charge on any atom is -0.347 e. The van der Waals surface area contributed by atoms with E-state index in [2.05, 4.69) is 15.3 Å². The predicted octanol–water partition coefficient (Wildman–Crippen LogP) is 4.10. The molecule has 0 spiro atoms. The van der Waals surface area contributed by atoms with Gasteiger partial charge in [0.25, 0.3) is 5.91 Å². The van der Waals surface area contributed by atoms with E-state index < -0.39 is 0 Å². The maximum Gasteiger partial charge on any atom is 0.263 e. The van der Waals surface area contributed by atoms with E-state index >= 15 is 0 Å². The van der Waals surface area contributed by atoms with Crippen LogP contribution in [0.2, 0.25) is 5.02 Å². The molecule has 3 rings (SSSR count). The van der Waals surface area contributed by atoms with Crippen LogP contribution in [0.4, 0.5) is 0 Å². The molecule has 6 heteroatoms. The molecule has 1 N–H and O–H groups in total. The number of thiazole rings is 1. The molecule has 0 unspecified atom stereocenters. The standard InChI is InChI=1S/C17H14ClN3OS/c1-11-15(23-17(21-11)13-6-8-19-9-7-13)16(22)20-10-12-2-4-14(18)5-3-12/h2-9H,10H2,1H3,(H,20,22). The minimum atomic E-state index is -0.116. The van der Waals surface area contributed by atoms with Crippen LogP contribution < -0.4 is 5.32 Å². The fourth-order valence-corrected chi connectivity index (χ4v) is 3.20. The minimum absolute atomic E-state index is 0.116. The van der Waals surface area contributed by atoms with Crippen LogP contribution in [0.3, 0.4) is 0 Å². The number of hydrogen-bond acceptors (Lipinski definition) is 4. The zero-order chi connectivity index (χ0) is 16.2. The van der Waals surface area contributed by atoms with Gasteiger partial charge < -0.3 is 5.32 Å². The van der Waals surface area contributed by atoms with Gasteiger partial charge in [0.05, 0.1) is 5.69 Å². The van der Waals surface area contributed by atoms with E-state index in [4.69, 9.17) is 11.6 Å². The fourth-order valence-electron chi connectivity index (χ4n) is 2.09. The molecular weight excluding hydrogens is 330 g/mol. The lowest BCUT2D eigenvalue weighted by atomic mass is 10.2. The molecule has 0 atom stereocenters. The van der Waals surface area contributed by atoms with Crippen molar-refractivity contribution >= 4 is 28.8 Å². The number of benzene rings is 1.